The van der Waals surface area contributed by atoms with E-state index >= 15 is 0 Å². The lowest BCUT2D eigenvalue weighted by molar-refractivity contribution is -0.125. The number of carbonyl (C=O) groups excluding carboxylic acids is 1. The standard InChI is InChI=1S/C10H13ClN2O2/c1-12-9(11)3-2-8-4-5-13(6-7-14)10(8)15/h2-3,14H,1,4-7H2/b8-2+,9-3-. The molecule has 0 unspecified atom stereocenters. The van der Waals surface area contributed by atoms with E-state index in [-0.39, 0.29) is 17.7 Å². The van der Waals surface area contributed by atoms with Crippen LogP contribution in [0.1, 0.15) is 6.42 Å². The van der Waals surface area contributed by atoms with E-state index in [9.17, 15) is 4.79 Å². The van der Waals surface area contributed by atoms with E-state index in [4.69, 9.17) is 16.7 Å². The molecule has 0 spiro atoms. The zero-order valence-electron chi connectivity index (χ0n) is 8.32. The van der Waals surface area contributed by atoms with Crippen molar-refractivity contribution in [3.05, 3.63) is 22.9 Å². The van der Waals surface area contributed by atoms with Gasteiger partial charge in [-0.3, -0.25) is 9.79 Å². The number of allylic oxidation sites excluding steroid dienone is 2. The van der Waals surface area contributed by atoms with Crippen LogP contribution in [0.2, 0.25) is 0 Å². The molecular weight excluding hydrogens is 216 g/mol. The summed E-state index contributed by atoms with van der Waals surface area (Å²) in [6.07, 6.45) is 3.87. The average molecular weight is 229 g/mol. The largest absolute Gasteiger partial charge is 0.395 e. The van der Waals surface area contributed by atoms with Gasteiger partial charge in [0, 0.05) is 18.7 Å². The molecular formula is C10H13ClN2O2. The number of β-amino-alcohol motifs (C(OH)–C–C–N with tert-alkyl or cyclic N) is 1. The topological polar surface area (TPSA) is 52.9 Å². The van der Waals surface area contributed by atoms with E-state index in [2.05, 4.69) is 11.7 Å². The fraction of sp³-hybridized carbons (Fsp3) is 0.400. The molecule has 1 heterocycles. The fourth-order valence-electron chi connectivity index (χ4n) is 1.38. The highest BCUT2D eigenvalue weighted by molar-refractivity contribution is 6.29. The molecule has 15 heavy (non-hydrogen) atoms. The van der Waals surface area contributed by atoms with Gasteiger partial charge < -0.3 is 10.0 Å². The van der Waals surface area contributed by atoms with Crippen molar-refractivity contribution in [2.45, 2.75) is 6.42 Å². The number of aliphatic hydroxyl groups excluding tert-OH is 1. The molecule has 1 fully saturated rings. The number of rotatable bonds is 4. The number of halogens is 1. The molecule has 0 radical (unpaired) electrons. The summed E-state index contributed by atoms with van der Waals surface area (Å²) in [5.74, 6) is -0.0474. The highest BCUT2D eigenvalue weighted by Gasteiger charge is 2.24. The molecule has 0 atom stereocenters. The van der Waals surface area contributed by atoms with Crippen molar-refractivity contribution in [2.75, 3.05) is 19.7 Å². The van der Waals surface area contributed by atoms with Crippen LogP contribution in [0.25, 0.3) is 0 Å². The maximum Gasteiger partial charge on any atom is 0.249 e. The van der Waals surface area contributed by atoms with Crippen LogP contribution in [0.15, 0.2) is 27.9 Å². The normalized spacial score (nSPS) is 20.1. The van der Waals surface area contributed by atoms with E-state index in [0.29, 0.717) is 25.1 Å². The Balaban J connectivity index is 2.67. The number of carbonyl (C=O) groups is 1. The lowest BCUT2D eigenvalue weighted by Gasteiger charge is -2.12. The van der Waals surface area contributed by atoms with Crippen LogP contribution in [0.4, 0.5) is 0 Å². The molecule has 0 bridgehead atoms. The third-order valence-corrected chi connectivity index (χ3v) is 2.40. The second-order valence-corrected chi connectivity index (χ2v) is 3.49. The number of amides is 1. The van der Waals surface area contributed by atoms with E-state index in [1.165, 1.54) is 0 Å². The molecule has 0 aromatic carbocycles. The maximum atomic E-state index is 11.6. The number of hydrogen-bond acceptors (Lipinski definition) is 3. The molecule has 5 heteroatoms. The highest BCUT2D eigenvalue weighted by Crippen LogP contribution is 2.17. The second-order valence-electron chi connectivity index (χ2n) is 3.11. The van der Waals surface area contributed by atoms with Crippen molar-refractivity contribution >= 4 is 24.2 Å². The van der Waals surface area contributed by atoms with E-state index < -0.39 is 0 Å². The van der Waals surface area contributed by atoms with Crippen LogP contribution in [-0.4, -0.2) is 42.3 Å². The van der Waals surface area contributed by atoms with Crippen LogP contribution in [-0.2, 0) is 4.79 Å². The van der Waals surface area contributed by atoms with E-state index in [1.54, 1.807) is 17.1 Å². The first-order chi connectivity index (χ1) is 7.19. The quantitative estimate of drug-likeness (QED) is 0.442. The molecule has 0 aromatic rings. The lowest BCUT2D eigenvalue weighted by atomic mass is 10.2. The molecule has 1 rings (SSSR count). The Morgan fingerprint density at radius 2 is 2.47 bits per heavy atom. The zero-order valence-corrected chi connectivity index (χ0v) is 9.07. The Morgan fingerprint density at radius 1 is 1.73 bits per heavy atom. The van der Waals surface area contributed by atoms with Gasteiger partial charge in [0.15, 0.2) is 0 Å². The van der Waals surface area contributed by atoms with Crippen LogP contribution in [0.5, 0.6) is 0 Å². The van der Waals surface area contributed by atoms with Gasteiger partial charge >= 0.3 is 0 Å². The molecule has 1 N–H and O–H groups in total. The second kappa shape index (κ2) is 5.68. The first-order valence-electron chi connectivity index (χ1n) is 4.62. The Labute approximate surface area is 93.6 Å². The smallest absolute Gasteiger partial charge is 0.249 e. The number of likely N-dealkylation sites (tertiary alicyclic amines) is 1. The monoisotopic (exact) mass is 228 g/mol. The summed E-state index contributed by atoms with van der Waals surface area (Å²) >= 11 is 5.61. The molecule has 0 aliphatic carbocycles. The first kappa shape index (κ1) is 11.9. The molecule has 4 nitrogen and oxygen atoms in total. The summed E-state index contributed by atoms with van der Waals surface area (Å²) in [6, 6.07) is 0. The summed E-state index contributed by atoms with van der Waals surface area (Å²) in [6.45, 7) is 4.28. The van der Waals surface area contributed by atoms with Crippen LogP contribution < -0.4 is 0 Å². The third kappa shape index (κ3) is 3.18. The predicted octanol–water partition coefficient (Wildman–Crippen LogP) is 0.918. The molecule has 0 aromatic heterocycles. The predicted molar refractivity (Wildman–Crippen MR) is 59.9 cm³/mol. The molecule has 1 aliphatic rings. The van der Waals surface area contributed by atoms with Crippen molar-refractivity contribution in [3.8, 4) is 0 Å². The number of nitrogens with zero attached hydrogens (tertiary/aromatic N) is 2. The van der Waals surface area contributed by atoms with Gasteiger partial charge in [-0.1, -0.05) is 17.7 Å². The molecule has 1 aliphatic heterocycles. The number of aliphatic hydroxyl groups is 1. The summed E-state index contributed by atoms with van der Waals surface area (Å²) < 4.78 is 0. The lowest BCUT2D eigenvalue weighted by Crippen LogP contribution is -2.28. The summed E-state index contributed by atoms with van der Waals surface area (Å²) in [7, 11) is 0. The van der Waals surface area contributed by atoms with Gasteiger partial charge in [0.1, 0.15) is 5.16 Å². The summed E-state index contributed by atoms with van der Waals surface area (Å²) in [4.78, 5) is 16.7. The van der Waals surface area contributed by atoms with Crippen LogP contribution in [0.3, 0.4) is 0 Å². The Bertz CT molecular complexity index is 323. The Hall–Kier alpha value is -1.13. The van der Waals surface area contributed by atoms with Crippen molar-refractivity contribution < 1.29 is 9.90 Å². The molecule has 1 amide bonds. The van der Waals surface area contributed by atoms with Crippen LogP contribution >= 0.6 is 11.6 Å². The van der Waals surface area contributed by atoms with E-state index in [0.717, 1.165) is 0 Å². The molecule has 0 saturated carbocycles. The van der Waals surface area contributed by atoms with Crippen molar-refractivity contribution in [2.24, 2.45) is 4.99 Å². The zero-order chi connectivity index (χ0) is 11.3. The Morgan fingerprint density at radius 3 is 3.07 bits per heavy atom. The van der Waals surface area contributed by atoms with Gasteiger partial charge in [-0.2, -0.15) is 0 Å². The van der Waals surface area contributed by atoms with Crippen molar-refractivity contribution in [1.82, 2.24) is 4.90 Å². The number of aliphatic imine (C=N–C) groups is 1. The summed E-state index contributed by atoms with van der Waals surface area (Å²) in [5, 5.41) is 8.98. The van der Waals surface area contributed by atoms with Gasteiger partial charge in [0.2, 0.25) is 5.91 Å². The fourth-order valence-corrected chi connectivity index (χ4v) is 1.44. The van der Waals surface area contributed by atoms with Gasteiger partial charge in [-0.15, -0.1) is 0 Å². The van der Waals surface area contributed by atoms with Crippen molar-refractivity contribution in [3.63, 3.8) is 0 Å². The van der Waals surface area contributed by atoms with Gasteiger partial charge in [-0.05, 0) is 19.2 Å². The van der Waals surface area contributed by atoms with Gasteiger partial charge in [0.05, 0.1) is 6.61 Å². The van der Waals surface area contributed by atoms with Gasteiger partial charge in [0.25, 0.3) is 0 Å². The molecule has 82 valence electrons. The minimum atomic E-state index is -0.0474. The van der Waals surface area contributed by atoms with E-state index in [1.807, 2.05) is 0 Å². The highest BCUT2D eigenvalue weighted by atomic mass is 35.5. The third-order valence-electron chi connectivity index (χ3n) is 2.16. The molecule has 1 saturated heterocycles. The minimum absolute atomic E-state index is 0.0101. The van der Waals surface area contributed by atoms with Crippen LogP contribution in [0, 0.1) is 0 Å². The summed E-state index contributed by atoms with van der Waals surface area (Å²) in [5.41, 5.74) is 0.685. The average Bonchev–Trinajstić information content (AvgIpc) is 2.58. The SMILES string of the molecule is C=N/C(Cl)=C\C=C1/CCN(CCO)C1=O. The van der Waals surface area contributed by atoms with Crippen molar-refractivity contribution in [1.29, 1.82) is 0 Å². The Kier molecular flexibility index (Phi) is 4.52. The first-order valence-corrected chi connectivity index (χ1v) is 5.00. The number of hydrogen-bond donors (Lipinski definition) is 1. The van der Waals surface area contributed by atoms with Gasteiger partial charge in [-0.25, -0.2) is 0 Å². The minimum Gasteiger partial charge on any atom is -0.395 e. The maximum absolute atomic E-state index is 11.6.